The predicted molar refractivity (Wildman–Crippen MR) is 101 cm³/mol. The Hall–Kier alpha value is -1.64. The van der Waals surface area contributed by atoms with Crippen molar-refractivity contribution in [3.05, 3.63) is 24.3 Å². The summed E-state index contributed by atoms with van der Waals surface area (Å²) < 4.78 is 32.4. The molecule has 27 heavy (non-hydrogen) atoms. The molecule has 1 heterocycles. The van der Waals surface area contributed by atoms with E-state index in [1.165, 1.54) is 17.5 Å². The van der Waals surface area contributed by atoms with Gasteiger partial charge in [-0.1, -0.05) is 6.07 Å². The first kappa shape index (κ1) is 20.1. The molecule has 1 aliphatic carbocycles. The molecule has 1 saturated heterocycles. The number of aliphatic hydroxyl groups is 1. The number of nitrogens with one attached hydrogen (secondary N) is 1. The maximum Gasteiger partial charge on any atom is 0.243 e. The second-order valence-electron chi connectivity index (χ2n) is 7.41. The minimum Gasteiger partial charge on any atom is -0.497 e. The van der Waals surface area contributed by atoms with Crippen LogP contribution in [0.3, 0.4) is 0 Å². The van der Waals surface area contributed by atoms with Gasteiger partial charge in [-0.15, -0.1) is 0 Å². The SMILES string of the molecule is COc1cccc(S(=O)(=O)N2CCC[C@H](C(=O)NC3CCCC(O)C3)C2)c1. The summed E-state index contributed by atoms with van der Waals surface area (Å²) in [5.74, 6) is 0.0103. The number of nitrogens with zero attached hydrogens (tertiary/aromatic N) is 1. The van der Waals surface area contributed by atoms with Crippen LogP contribution in [0, 0.1) is 5.92 Å². The molecule has 1 aromatic carbocycles. The zero-order valence-corrected chi connectivity index (χ0v) is 16.5. The number of hydrogen-bond donors (Lipinski definition) is 2. The molecule has 2 N–H and O–H groups in total. The molecular weight excluding hydrogens is 368 g/mol. The van der Waals surface area contributed by atoms with Crippen molar-refractivity contribution in [2.24, 2.45) is 5.92 Å². The number of carbonyl (C=O) groups is 1. The molecule has 1 saturated carbocycles. The fraction of sp³-hybridized carbons (Fsp3) is 0.632. The van der Waals surface area contributed by atoms with Crippen LogP contribution in [0.15, 0.2) is 29.2 Å². The van der Waals surface area contributed by atoms with Crippen LogP contribution < -0.4 is 10.1 Å². The lowest BCUT2D eigenvalue weighted by Gasteiger charge is -2.33. The lowest BCUT2D eigenvalue weighted by Crippen LogP contribution is -2.48. The van der Waals surface area contributed by atoms with Gasteiger partial charge in [-0.2, -0.15) is 4.31 Å². The first-order valence-corrected chi connectivity index (χ1v) is 11.0. The Kier molecular flexibility index (Phi) is 6.39. The Labute approximate surface area is 160 Å². The minimum atomic E-state index is -3.67. The number of benzene rings is 1. The number of sulfonamides is 1. The molecule has 2 aliphatic rings. The van der Waals surface area contributed by atoms with Gasteiger partial charge >= 0.3 is 0 Å². The van der Waals surface area contributed by atoms with Crippen molar-refractivity contribution < 1.29 is 23.1 Å². The van der Waals surface area contributed by atoms with Crippen molar-refractivity contribution in [3.8, 4) is 5.75 Å². The molecule has 0 bridgehead atoms. The summed E-state index contributed by atoms with van der Waals surface area (Å²) >= 11 is 0. The van der Waals surface area contributed by atoms with Crippen LogP contribution in [0.4, 0.5) is 0 Å². The molecule has 0 spiro atoms. The Balaban J connectivity index is 1.66. The largest absolute Gasteiger partial charge is 0.497 e. The first-order chi connectivity index (χ1) is 12.9. The lowest BCUT2D eigenvalue weighted by molar-refractivity contribution is -0.127. The van der Waals surface area contributed by atoms with E-state index in [1.54, 1.807) is 18.2 Å². The van der Waals surface area contributed by atoms with Crippen LogP contribution in [0.2, 0.25) is 0 Å². The van der Waals surface area contributed by atoms with Crippen LogP contribution in [0.1, 0.15) is 38.5 Å². The number of amides is 1. The number of ether oxygens (including phenoxy) is 1. The first-order valence-electron chi connectivity index (χ1n) is 9.53. The number of hydrogen-bond acceptors (Lipinski definition) is 5. The van der Waals surface area contributed by atoms with E-state index in [0.717, 1.165) is 19.3 Å². The summed E-state index contributed by atoms with van der Waals surface area (Å²) in [5.41, 5.74) is 0. The van der Waals surface area contributed by atoms with E-state index in [2.05, 4.69) is 5.32 Å². The average Bonchev–Trinajstić information content (AvgIpc) is 2.68. The molecule has 2 fully saturated rings. The normalized spacial score (nSPS) is 27.1. The van der Waals surface area contributed by atoms with Gasteiger partial charge in [0.25, 0.3) is 0 Å². The smallest absolute Gasteiger partial charge is 0.243 e. The Morgan fingerprint density at radius 2 is 2.07 bits per heavy atom. The number of rotatable bonds is 5. The zero-order chi connectivity index (χ0) is 19.4. The van der Waals surface area contributed by atoms with Crippen LogP contribution in [-0.4, -0.2) is 56.1 Å². The second kappa shape index (κ2) is 8.58. The summed E-state index contributed by atoms with van der Waals surface area (Å²) in [7, 11) is -2.17. The number of piperidine rings is 1. The molecule has 1 aromatic rings. The van der Waals surface area contributed by atoms with Crippen LogP contribution in [0.25, 0.3) is 0 Å². The highest BCUT2D eigenvalue weighted by Gasteiger charge is 2.34. The molecule has 0 aromatic heterocycles. The topological polar surface area (TPSA) is 95.9 Å². The van der Waals surface area contributed by atoms with E-state index in [9.17, 15) is 18.3 Å². The van der Waals surface area contributed by atoms with E-state index in [0.29, 0.717) is 31.6 Å². The molecule has 7 nitrogen and oxygen atoms in total. The van der Waals surface area contributed by atoms with E-state index in [4.69, 9.17) is 4.74 Å². The lowest BCUT2D eigenvalue weighted by atomic mass is 9.91. The van der Waals surface area contributed by atoms with Gasteiger partial charge in [-0.3, -0.25) is 4.79 Å². The molecule has 2 unspecified atom stereocenters. The third kappa shape index (κ3) is 4.80. The van der Waals surface area contributed by atoms with E-state index >= 15 is 0 Å². The van der Waals surface area contributed by atoms with Crippen molar-refractivity contribution in [3.63, 3.8) is 0 Å². The summed E-state index contributed by atoms with van der Waals surface area (Å²) in [6.07, 6.45) is 4.07. The van der Waals surface area contributed by atoms with Crippen molar-refractivity contribution in [1.82, 2.24) is 9.62 Å². The van der Waals surface area contributed by atoms with Gasteiger partial charge in [0.15, 0.2) is 0 Å². The van der Waals surface area contributed by atoms with Gasteiger partial charge in [0.2, 0.25) is 15.9 Å². The number of aliphatic hydroxyl groups excluding tert-OH is 1. The van der Waals surface area contributed by atoms with E-state index < -0.39 is 10.0 Å². The van der Waals surface area contributed by atoms with Gasteiger partial charge in [-0.25, -0.2) is 8.42 Å². The Morgan fingerprint density at radius 1 is 1.26 bits per heavy atom. The Bertz CT molecular complexity index is 767. The average molecular weight is 397 g/mol. The highest BCUT2D eigenvalue weighted by molar-refractivity contribution is 7.89. The highest BCUT2D eigenvalue weighted by atomic mass is 32.2. The van der Waals surface area contributed by atoms with Crippen molar-refractivity contribution in [2.75, 3.05) is 20.2 Å². The quantitative estimate of drug-likeness (QED) is 0.787. The summed E-state index contributed by atoms with van der Waals surface area (Å²) in [6, 6.07) is 6.37. The zero-order valence-electron chi connectivity index (χ0n) is 15.6. The summed E-state index contributed by atoms with van der Waals surface area (Å²) in [4.78, 5) is 12.8. The Morgan fingerprint density at radius 3 is 2.81 bits per heavy atom. The second-order valence-corrected chi connectivity index (χ2v) is 9.35. The van der Waals surface area contributed by atoms with Crippen molar-refractivity contribution >= 4 is 15.9 Å². The molecule has 1 amide bonds. The summed E-state index contributed by atoms with van der Waals surface area (Å²) in [5, 5.41) is 12.8. The number of methoxy groups -OCH3 is 1. The maximum atomic E-state index is 13.0. The van der Waals surface area contributed by atoms with Gasteiger partial charge in [0.1, 0.15) is 5.75 Å². The monoisotopic (exact) mass is 396 g/mol. The van der Waals surface area contributed by atoms with E-state index in [-0.39, 0.29) is 35.4 Å². The van der Waals surface area contributed by atoms with Gasteiger partial charge < -0.3 is 15.2 Å². The van der Waals surface area contributed by atoms with Crippen molar-refractivity contribution in [1.29, 1.82) is 0 Å². The van der Waals surface area contributed by atoms with Crippen LogP contribution in [0.5, 0.6) is 5.75 Å². The van der Waals surface area contributed by atoms with Gasteiger partial charge in [0, 0.05) is 25.2 Å². The molecule has 3 rings (SSSR count). The van der Waals surface area contributed by atoms with Gasteiger partial charge in [0.05, 0.1) is 24.0 Å². The number of carbonyl (C=O) groups excluding carboxylic acids is 1. The standard InChI is InChI=1S/C19H28N2O5S/c1-26-17-8-3-9-18(12-17)27(24,25)21-10-4-5-14(13-21)19(23)20-15-6-2-7-16(22)11-15/h3,8-9,12,14-16,22H,2,4-7,10-11,13H2,1H3,(H,20,23)/t14-,15?,16?/m0/s1. The molecule has 8 heteroatoms. The molecule has 0 radical (unpaired) electrons. The third-order valence-corrected chi connectivity index (χ3v) is 7.29. The molecular formula is C19H28N2O5S. The highest BCUT2D eigenvalue weighted by Crippen LogP contribution is 2.26. The molecule has 1 aliphatic heterocycles. The van der Waals surface area contributed by atoms with Crippen LogP contribution >= 0.6 is 0 Å². The van der Waals surface area contributed by atoms with Crippen LogP contribution in [-0.2, 0) is 14.8 Å². The van der Waals surface area contributed by atoms with Gasteiger partial charge in [-0.05, 0) is 50.7 Å². The predicted octanol–water partition coefficient (Wildman–Crippen LogP) is 1.52. The van der Waals surface area contributed by atoms with E-state index in [1.807, 2.05) is 0 Å². The van der Waals surface area contributed by atoms with Crippen molar-refractivity contribution in [2.45, 2.75) is 55.6 Å². The maximum absolute atomic E-state index is 13.0. The fourth-order valence-electron chi connectivity index (χ4n) is 3.90. The minimum absolute atomic E-state index is 0.0216. The molecule has 150 valence electrons. The third-order valence-electron chi connectivity index (χ3n) is 5.43. The fourth-order valence-corrected chi connectivity index (χ4v) is 5.46. The molecule has 3 atom stereocenters. The summed E-state index contributed by atoms with van der Waals surface area (Å²) in [6.45, 7) is 0.589.